The van der Waals surface area contributed by atoms with E-state index in [4.69, 9.17) is 0 Å². The molecule has 0 saturated heterocycles. The van der Waals surface area contributed by atoms with E-state index in [-0.39, 0.29) is 11.7 Å². The van der Waals surface area contributed by atoms with E-state index in [1.165, 1.54) is 0 Å². The summed E-state index contributed by atoms with van der Waals surface area (Å²) >= 11 is 3.37. The fraction of sp³-hybridized carbons (Fsp3) is 0.133. The molecule has 0 atom stereocenters. The van der Waals surface area contributed by atoms with Crippen LogP contribution in [0.25, 0.3) is 0 Å². The first kappa shape index (κ1) is 13.6. The molecule has 0 aliphatic rings. The minimum Gasteiger partial charge on any atom is -0.508 e. The molecule has 2 rings (SSSR count). The predicted octanol–water partition coefficient (Wildman–Crippen LogP) is 3.39. The molecular formula is C15H14BrNO2. The zero-order valence-electron chi connectivity index (χ0n) is 10.5. The molecule has 0 unspecified atom stereocenters. The van der Waals surface area contributed by atoms with Crippen molar-refractivity contribution in [3.05, 3.63) is 63.6 Å². The lowest BCUT2D eigenvalue weighted by Crippen LogP contribution is -2.23. The number of benzene rings is 2. The summed E-state index contributed by atoms with van der Waals surface area (Å²) in [4.78, 5) is 12.0. The van der Waals surface area contributed by atoms with Crippen molar-refractivity contribution in [2.75, 3.05) is 0 Å². The Balaban J connectivity index is 2.03. The average molecular weight is 320 g/mol. The Morgan fingerprint density at radius 1 is 1.21 bits per heavy atom. The first-order valence-corrected chi connectivity index (χ1v) is 6.68. The second-order valence-corrected chi connectivity index (χ2v) is 5.22. The number of aromatic hydroxyl groups is 1. The van der Waals surface area contributed by atoms with Gasteiger partial charge in [0, 0.05) is 16.6 Å². The molecule has 19 heavy (non-hydrogen) atoms. The molecule has 0 aliphatic heterocycles. The number of amides is 1. The molecule has 0 aromatic heterocycles. The molecule has 1 amide bonds. The number of phenols is 1. The van der Waals surface area contributed by atoms with E-state index in [9.17, 15) is 9.90 Å². The molecule has 0 aliphatic carbocycles. The zero-order valence-corrected chi connectivity index (χ0v) is 12.1. The standard InChI is InChI=1S/C15H14BrNO2/c1-10-8-12(16)4-7-14(10)15(19)17-9-11-2-5-13(18)6-3-11/h2-8,18H,9H2,1H3,(H,17,19). The van der Waals surface area contributed by atoms with Crippen molar-refractivity contribution in [2.45, 2.75) is 13.5 Å². The smallest absolute Gasteiger partial charge is 0.251 e. The minimum absolute atomic E-state index is 0.0990. The maximum atomic E-state index is 12.0. The van der Waals surface area contributed by atoms with E-state index in [2.05, 4.69) is 21.2 Å². The molecule has 3 nitrogen and oxygen atoms in total. The van der Waals surface area contributed by atoms with Gasteiger partial charge in [-0.2, -0.15) is 0 Å². The summed E-state index contributed by atoms with van der Waals surface area (Å²) < 4.78 is 0.958. The number of hydrogen-bond acceptors (Lipinski definition) is 2. The summed E-state index contributed by atoms with van der Waals surface area (Å²) in [5.41, 5.74) is 2.54. The third kappa shape index (κ3) is 3.58. The van der Waals surface area contributed by atoms with E-state index in [1.807, 2.05) is 19.1 Å². The van der Waals surface area contributed by atoms with E-state index in [0.717, 1.165) is 15.6 Å². The lowest BCUT2D eigenvalue weighted by Gasteiger charge is -2.08. The monoisotopic (exact) mass is 319 g/mol. The molecule has 0 heterocycles. The van der Waals surface area contributed by atoms with Crippen molar-refractivity contribution in [1.82, 2.24) is 5.32 Å². The van der Waals surface area contributed by atoms with Gasteiger partial charge < -0.3 is 10.4 Å². The Morgan fingerprint density at radius 3 is 2.53 bits per heavy atom. The van der Waals surface area contributed by atoms with Gasteiger partial charge in [-0.1, -0.05) is 28.1 Å². The normalized spacial score (nSPS) is 10.2. The Morgan fingerprint density at radius 2 is 1.89 bits per heavy atom. The minimum atomic E-state index is -0.0990. The topological polar surface area (TPSA) is 49.3 Å². The van der Waals surface area contributed by atoms with Gasteiger partial charge in [-0.05, 0) is 48.4 Å². The van der Waals surface area contributed by atoms with Gasteiger partial charge in [-0.15, -0.1) is 0 Å². The third-order valence-electron chi connectivity index (χ3n) is 2.82. The van der Waals surface area contributed by atoms with Crippen molar-refractivity contribution >= 4 is 21.8 Å². The Labute approximate surface area is 120 Å². The number of rotatable bonds is 3. The Bertz CT molecular complexity index is 594. The van der Waals surface area contributed by atoms with Crippen LogP contribution in [0.15, 0.2) is 46.9 Å². The van der Waals surface area contributed by atoms with E-state index < -0.39 is 0 Å². The molecule has 2 aromatic carbocycles. The zero-order chi connectivity index (χ0) is 13.8. The number of halogens is 1. The highest BCUT2D eigenvalue weighted by atomic mass is 79.9. The third-order valence-corrected chi connectivity index (χ3v) is 3.32. The summed E-state index contributed by atoms with van der Waals surface area (Å²) in [6, 6.07) is 12.3. The van der Waals surface area contributed by atoms with Crippen LogP contribution in [0.4, 0.5) is 0 Å². The van der Waals surface area contributed by atoms with Crippen LogP contribution in [0.5, 0.6) is 5.75 Å². The highest BCUT2D eigenvalue weighted by Crippen LogP contribution is 2.16. The summed E-state index contributed by atoms with van der Waals surface area (Å²) in [6.07, 6.45) is 0. The van der Waals surface area contributed by atoms with Gasteiger partial charge in [-0.25, -0.2) is 0 Å². The van der Waals surface area contributed by atoms with Crippen LogP contribution in [-0.2, 0) is 6.54 Å². The van der Waals surface area contributed by atoms with Crippen LogP contribution in [0.2, 0.25) is 0 Å². The van der Waals surface area contributed by atoms with Crippen LogP contribution in [0.3, 0.4) is 0 Å². The number of carbonyl (C=O) groups excluding carboxylic acids is 1. The van der Waals surface area contributed by atoms with Gasteiger partial charge in [0.15, 0.2) is 0 Å². The first-order valence-electron chi connectivity index (χ1n) is 5.88. The van der Waals surface area contributed by atoms with Crippen LogP contribution in [0.1, 0.15) is 21.5 Å². The van der Waals surface area contributed by atoms with Crippen LogP contribution in [-0.4, -0.2) is 11.0 Å². The Hall–Kier alpha value is -1.81. The summed E-state index contributed by atoms with van der Waals surface area (Å²) in [5, 5.41) is 12.0. The SMILES string of the molecule is Cc1cc(Br)ccc1C(=O)NCc1ccc(O)cc1. The highest BCUT2D eigenvalue weighted by Gasteiger charge is 2.08. The van der Waals surface area contributed by atoms with Gasteiger partial charge in [0.1, 0.15) is 5.75 Å². The predicted molar refractivity (Wildman–Crippen MR) is 78.2 cm³/mol. The summed E-state index contributed by atoms with van der Waals surface area (Å²) in [5.74, 6) is 0.122. The van der Waals surface area contributed by atoms with Crippen molar-refractivity contribution in [1.29, 1.82) is 0 Å². The highest BCUT2D eigenvalue weighted by molar-refractivity contribution is 9.10. The summed E-state index contributed by atoms with van der Waals surface area (Å²) in [6.45, 7) is 2.34. The molecule has 0 saturated carbocycles. The number of phenolic OH excluding ortho intramolecular Hbond substituents is 1. The number of nitrogens with one attached hydrogen (secondary N) is 1. The van der Waals surface area contributed by atoms with Gasteiger partial charge in [0.05, 0.1) is 0 Å². The van der Waals surface area contributed by atoms with Crippen LogP contribution < -0.4 is 5.32 Å². The van der Waals surface area contributed by atoms with Crippen LogP contribution in [0, 0.1) is 6.92 Å². The maximum absolute atomic E-state index is 12.0. The second kappa shape index (κ2) is 5.89. The Kier molecular flexibility index (Phi) is 4.22. The van der Waals surface area contributed by atoms with Gasteiger partial charge in [0.2, 0.25) is 0 Å². The number of carbonyl (C=O) groups is 1. The van der Waals surface area contributed by atoms with Crippen molar-refractivity contribution < 1.29 is 9.90 Å². The molecule has 0 radical (unpaired) electrons. The van der Waals surface area contributed by atoms with E-state index >= 15 is 0 Å². The van der Waals surface area contributed by atoms with E-state index in [0.29, 0.717) is 12.1 Å². The molecule has 2 N–H and O–H groups in total. The lowest BCUT2D eigenvalue weighted by atomic mass is 10.1. The van der Waals surface area contributed by atoms with Gasteiger partial charge >= 0.3 is 0 Å². The van der Waals surface area contributed by atoms with Crippen molar-refractivity contribution in [3.63, 3.8) is 0 Å². The molecule has 4 heteroatoms. The maximum Gasteiger partial charge on any atom is 0.251 e. The second-order valence-electron chi connectivity index (χ2n) is 4.31. The van der Waals surface area contributed by atoms with Crippen molar-refractivity contribution in [3.8, 4) is 5.75 Å². The van der Waals surface area contributed by atoms with E-state index in [1.54, 1.807) is 30.3 Å². The number of hydrogen-bond donors (Lipinski definition) is 2. The fourth-order valence-corrected chi connectivity index (χ4v) is 2.25. The fourth-order valence-electron chi connectivity index (χ4n) is 1.77. The first-order chi connectivity index (χ1) is 9.06. The largest absolute Gasteiger partial charge is 0.508 e. The van der Waals surface area contributed by atoms with Crippen molar-refractivity contribution in [2.24, 2.45) is 0 Å². The van der Waals surface area contributed by atoms with Gasteiger partial charge in [-0.3, -0.25) is 4.79 Å². The lowest BCUT2D eigenvalue weighted by molar-refractivity contribution is 0.0950. The van der Waals surface area contributed by atoms with Gasteiger partial charge in [0.25, 0.3) is 5.91 Å². The summed E-state index contributed by atoms with van der Waals surface area (Å²) in [7, 11) is 0. The molecule has 0 spiro atoms. The molecule has 2 aromatic rings. The average Bonchev–Trinajstić information content (AvgIpc) is 2.37. The molecule has 0 fully saturated rings. The molecular weight excluding hydrogens is 306 g/mol. The molecule has 98 valence electrons. The number of aryl methyl sites for hydroxylation is 1. The molecule has 0 bridgehead atoms. The quantitative estimate of drug-likeness (QED) is 0.911. The van der Waals surface area contributed by atoms with Crippen LogP contribution >= 0.6 is 15.9 Å².